The molecule has 0 unspecified atom stereocenters. The Balaban J connectivity index is 0.000000136. The lowest BCUT2D eigenvalue weighted by Gasteiger charge is -2.26. The second-order valence-corrected chi connectivity index (χ2v) is 52.7. The number of Topliss-reactive ketones (excluding diaryl/α,β-unsaturated/α-hetero) is 4. The highest BCUT2D eigenvalue weighted by atomic mass is 35.5. The van der Waals surface area contributed by atoms with E-state index in [1.54, 1.807) is 91.0 Å². The minimum atomic E-state index is -3.77. The molecular formula is C102H89Cl8N15O17S8. The van der Waals surface area contributed by atoms with Gasteiger partial charge in [0, 0.05) is 108 Å². The molecule has 8 aromatic carbocycles. The van der Waals surface area contributed by atoms with Crippen LogP contribution in [0.3, 0.4) is 0 Å². The van der Waals surface area contributed by atoms with Crippen molar-refractivity contribution in [1.29, 1.82) is 0 Å². The Bertz CT molecular complexity index is 8790. The van der Waals surface area contributed by atoms with Gasteiger partial charge in [-0.2, -0.15) is 0 Å². The smallest absolute Gasteiger partial charge is 0.265 e. The third kappa shape index (κ3) is 26.7. The second-order valence-electron chi connectivity index (χ2n) is 35.3. The molecule has 778 valence electrons. The van der Waals surface area contributed by atoms with Crippen molar-refractivity contribution in [2.24, 2.45) is 4.99 Å². The molecule has 2 saturated heterocycles. The van der Waals surface area contributed by atoms with Gasteiger partial charge < -0.3 is 30.5 Å². The van der Waals surface area contributed by atoms with Crippen molar-refractivity contribution in [1.82, 2.24) is 52.9 Å². The maximum Gasteiger partial charge on any atom is 0.265 e. The van der Waals surface area contributed by atoms with E-state index in [2.05, 4.69) is 55.6 Å². The van der Waals surface area contributed by atoms with E-state index >= 15 is 0 Å². The number of hydrogen-bond acceptors (Lipinski definition) is 32. The van der Waals surface area contributed by atoms with Gasteiger partial charge in [-0.3, -0.25) is 66.5 Å². The van der Waals surface area contributed by atoms with Gasteiger partial charge in [-0.05, 0) is 218 Å². The highest BCUT2D eigenvalue weighted by molar-refractivity contribution is 7.95. The van der Waals surface area contributed by atoms with Crippen LogP contribution in [0, 0.1) is 0 Å². The molecule has 16 aromatic rings. The van der Waals surface area contributed by atoms with Crippen LogP contribution in [0.5, 0.6) is 0 Å². The maximum absolute atomic E-state index is 13.3. The van der Waals surface area contributed by atoms with E-state index in [0.717, 1.165) is 171 Å². The summed E-state index contributed by atoms with van der Waals surface area (Å²) in [7, 11) is -13.1. The van der Waals surface area contributed by atoms with Gasteiger partial charge >= 0.3 is 0 Å². The zero-order chi connectivity index (χ0) is 106. The molecule has 4 aliphatic heterocycles. The van der Waals surface area contributed by atoms with Gasteiger partial charge in [-0.15, -0.1) is 45.3 Å². The third-order valence-corrected chi connectivity index (χ3v) is 39.8. The number of amidine groups is 1. The van der Waals surface area contributed by atoms with Crippen molar-refractivity contribution >= 4 is 267 Å². The van der Waals surface area contributed by atoms with Gasteiger partial charge in [-0.1, -0.05) is 123 Å². The monoisotopic (exact) mass is 2330 g/mol. The number of halogens is 8. The average molecular weight is 2340 g/mol. The number of aromatic nitrogens is 8. The number of hydrogen-bond donors (Lipinski definition) is 3. The number of thiophene rings is 4. The molecule has 2 fully saturated rings. The summed E-state index contributed by atoms with van der Waals surface area (Å²) in [6, 6.07) is 50.9. The number of ketones is 4. The van der Waals surface area contributed by atoms with Gasteiger partial charge in [0.05, 0.1) is 124 Å². The number of aliphatic imine (C=N–C) groups is 1. The molecule has 0 bridgehead atoms. The quantitative estimate of drug-likeness (QED) is 0.0344. The number of rotatable bonds is 33. The van der Waals surface area contributed by atoms with E-state index in [-0.39, 0.29) is 84.8 Å². The summed E-state index contributed by atoms with van der Waals surface area (Å²) in [5.41, 5.74) is 9.76. The fourth-order valence-electron chi connectivity index (χ4n) is 17.2. The summed E-state index contributed by atoms with van der Waals surface area (Å²) in [5, 5.41) is 12.9. The first-order valence-corrected chi connectivity index (χ1v) is 59.4. The Morgan fingerprint density at radius 2 is 0.713 bits per heavy atom. The highest BCUT2D eigenvalue weighted by Crippen LogP contribution is 2.36. The fourth-order valence-corrected chi connectivity index (χ4v) is 29.7. The normalized spacial score (nSPS) is 13.9. The van der Waals surface area contributed by atoms with Crippen molar-refractivity contribution < 1.29 is 57.6 Å². The molecule has 8 aromatic heterocycles. The number of carbonyl (C=O) groups is 4. The summed E-state index contributed by atoms with van der Waals surface area (Å²) < 4.78 is 112. The lowest BCUT2D eigenvalue weighted by Crippen LogP contribution is -2.39. The maximum atomic E-state index is 13.3. The minimum Gasteiger partial charge on any atom is -0.384 e. The van der Waals surface area contributed by atoms with Crippen molar-refractivity contribution in [2.45, 2.75) is 61.8 Å². The Kier molecular flexibility index (Phi) is 35.1. The average Bonchev–Trinajstić information content (AvgIpc) is 1.37. The van der Waals surface area contributed by atoms with Crippen molar-refractivity contribution in [3.05, 3.63) is 326 Å². The number of sulfone groups is 4. The van der Waals surface area contributed by atoms with Crippen LogP contribution in [-0.2, 0) is 95.4 Å². The van der Waals surface area contributed by atoms with Gasteiger partial charge in [0.25, 0.3) is 22.2 Å². The molecule has 0 spiro atoms. The molecule has 0 amide bonds. The van der Waals surface area contributed by atoms with Crippen LogP contribution in [0.2, 0.25) is 37.4 Å². The Morgan fingerprint density at radius 1 is 0.380 bits per heavy atom. The first kappa shape index (κ1) is 110. The van der Waals surface area contributed by atoms with Gasteiger partial charge in [0.1, 0.15) is 71.0 Å². The SMILES string of the molecule is CN1CCN=C1c1ccc2c(=O)n(-c3ccc(CC(=O)CS(=O)(=O)c4ccc(Cl)s4)cc3Cl)cnc2c1.O=C(Cc1ccc(-n2cnc3cc(NCCN4CCCC4)ccc3c2=O)c(Cl)c1)CS(=O)(=O)c1ccc(Cl)s1.O=C(Cc1ccc(-n2cnc3cc(NCCN4CCOCC4)ccc3c2=O)c(Cl)c1)CS(=O)(=O)c1ccc(Cl)s1.O=C(Cc1ccc(-n2cnc3cc4c(cc3c2=O)CCN4)c(Cl)c1)CS(=O)(=O)c1ccc(Cl)s1. The summed E-state index contributed by atoms with van der Waals surface area (Å²) in [4.78, 5) is 132. The number of benzene rings is 8. The van der Waals surface area contributed by atoms with Crippen molar-refractivity contribution in [3.8, 4) is 22.7 Å². The van der Waals surface area contributed by atoms with Crippen LogP contribution < -0.4 is 38.2 Å². The molecular weight excluding hydrogens is 2250 g/mol. The molecule has 32 nitrogen and oxygen atoms in total. The summed E-state index contributed by atoms with van der Waals surface area (Å²) in [6.07, 6.45) is 8.60. The van der Waals surface area contributed by atoms with Crippen LogP contribution >= 0.6 is 138 Å². The van der Waals surface area contributed by atoms with Crippen LogP contribution in [0.15, 0.2) is 254 Å². The van der Waals surface area contributed by atoms with Crippen LogP contribution in [0.4, 0.5) is 17.1 Å². The number of nitrogens with zero attached hydrogens (tertiary/aromatic N) is 12. The molecule has 0 radical (unpaired) electrons. The Labute approximate surface area is 915 Å². The molecule has 12 heterocycles. The topological polar surface area (TPSA) is 412 Å². The van der Waals surface area contributed by atoms with E-state index in [0.29, 0.717) is 106 Å². The van der Waals surface area contributed by atoms with Crippen molar-refractivity contribution in [2.75, 3.05) is 131 Å². The number of fused-ring (bicyclic) bond motifs is 5. The van der Waals surface area contributed by atoms with Crippen LogP contribution in [-0.4, -0.2) is 231 Å². The van der Waals surface area contributed by atoms with E-state index < -0.39 is 85.5 Å². The first-order valence-electron chi connectivity index (χ1n) is 46.5. The zero-order valence-electron chi connectivity index (χ0n) is 79.3. The molecule has 0 aliphatic carbocycles. The summed E-state index contributed by atoms with van der Waals surface area (Å²) in [6.45, 7) is 11.5. The number of likely N-dealkylation sites (tertiary alicyclic amines) is 1. The number of ether oxygens (including phenoxy) is 1. The van der Waals surface area contributed by atoms with E-state index in [1.807, 2.05) is 55.6 Å². The molecule has 150 heavy (non-hydrogen) atoms. The molecule has 4 aliphatic rings. The molecule has 48 heteroatoms. The molecule has 3 N–H and O–H groups in total. The van der Waals surface area contributed by atoms with Gasteiger partial charge in [0.2, 0.25) is 0 Å². The predicted octanol–water partition coefficient (Wildman–Crippen LogP) is 17.3. The van der Waals surface area contributed by atoms with Gasteiger partial charge in [-0.25, -0.2) is 53.6 Å². The molecule has 0 saturated carbocycles. The number of likely N-dealkylation sites (N-methyl/N-ethyl adjacent to an activating group) is 1. The van der Waals surface area contributed by atoms with Crippen LogP contribution in [0.1, 0.15) is 46.2 Å². The zero-order valence-corrected chi connectivity index (χ0v) is 91.9. The summed E-state index contributed by atoms with van der Waals surface area (Å²) >= 11 is 52.9. The van der Waals surface area contributed by atoms with E-state index in [4.69, 9.17) is 97.5 Å². The third-order valence-electron chi connectivity index (χ3n) is 24.6. The highest BCUT2D eigenvalue weighted by Gasteiger charge is 2.30. The van der Waals surface area contributed by atoms with Crippen LogP contribution in [0.25, 0.3) is 66.4 Å². The number of nitrogens with one attached hydrogen (secondary N) is 3. The van der Waals surface area contributed by atoms with E-state index in [9.17, 15) is 72.0 Å². The molecule has 0 atom stereocenters. The summed E-state index contributed by atoms with van der Waals surface area (Å²) in [5.74, 6) is -3.57. The Morgan fingerprint density at radius 3 is 1.05 bits per heavy atom. The largest absolute Gasteiger partial charge is 0.384 e. The standard InChI is InChI=1S/C27H26Cl2N4O5S2.C27H26Cl2N4O4S2.C25H20Cl2N4O4S2.C23H17Cl2N3O4S2/c28-22-14-18(13-20(34)16-40(36,37)26-6-5-25(29)39-26)1-4-24(22)33-17-31-23-15-19(2-3-21(23)27(33)35)30-7-8-32-9-11-38-12-10-32;28-22-14-18(13-20(34)16-39(36,37)26-8-7-25(29)38-26)3-6-24(22)33-17-31-23-15-19(4-5-21(23)27(33)35)30-9-12-32-10-1-2-11-32;1-30-9-8-28-24(30)16-3-4-18-20(12-16)29-14-31(25(18)33)21-5-2-15(11-19(21)26)10-17(32)13-37(34,35)23-7-6-22(27)36-23;24-17-8-13(7-15(29)11-34(31,32)22-4-3-21(25)33-22)1-2-20(17)28-12-27-19-10-18-14(5-6-26-18)9-16(19)23(28)30/h1-6,14-15,17,30H,7-13,16H2;3-8,14-15,17,30H,1-2,9-13,16H2;2-7,11-12,14H,8-10,13H2,1H3;1-4,8-10,12,26H,5-7,11H2. The minimum absolute atomic E-state index is 0.0535. The first-order chi connectivity index (χ1) is 71.7. The number of carbonyl (C=O) groups excluding carboxylic acids is 4. The second kappa shape index (κ2) is 47.9. The Hall–Kier alpha value is -11.3. The lowest BCUT2D eigenvalue weighted by atomic mass is 10.1. The van der Waals surface area contributed by atoms with Crippen molar-refractivity contribution in [3.63, 3.8) is 0 Å². The fraction of sp³-hybridized carbons (Fsp3) is 0.245. The lowest BCUT2D eigenvalue weighted by molar-refractivity contribution is -0.116. The van der Waals surface area contributed by atoms with E-state index in [1.165, 1.54) is 105 Å². The van der Waals surface area contributed by atoms with Gasteiger partial charge in [0.15, 0.2) is 62.5 Å². The number of morpholine rings is 1. The number of anilines is 3. The predicted molar refractivity (Wildman–Crippen MR) is 596 cm³/mol. The molecule has 20 rings (SSSR count).